The number of Topliss-reactive ketones (excluding diaryl/α,β-unsaturated/α-hetero) is 2. The fourth-order valence-corrected chi connectivity index (χ4v) is 6.98. The van der Waals surface area contributed by atoms with Gasteiger partial charge in [-0.05, 0) is 54.1 Å². The molecule has 1 aliphatic rings. The third-order valence-electron chi connectivity index (χ3n) is 6.09. The number of nitrogens with zero attached hydrogens (tertiary/aromatic N) is 2. The number of hydrogen-bond acceptors (Lipinski definition) is 9. The van der Waals surface area contributed by atoms with Crippen LogP contribution < -0.4 is 10.6 Å². The molecule has 38 heavy (non-hydrogen) atoms. The second-order valence-electron chi connectivity index (χ2n) is 8.44. The highest BCUT2D eigenvalue weighted by Crippen LogP contribution is 2.44. The summed E-state index contributed by atoms with van der Waals surface area (Å²) in [6, 6.07) is 16.5. The van der Waals surface area contributed by atoms with Gasteiger partial charge in [0.25, 0.3) is 5.91 Å². The minimum atomic E-state index is -3.95. The van der Waals surface area contributed by atoms with Crippen molar-refractivity contribution in [3.05, 3.63) is 95.1 Å². The van der Waals surface area contributed by atoms with Gasteiger partial charge in [0.1, 0.15) is 15.9 Å². The van der Waals surface area contributed by atoms with Crippen molar-refractivity contribution in [3.8, 4) is 5.75 Å². The van der Waals surface area contributed by atoms with Crippen molar-refractivity contribution in [1.29, 1.82) is 0 Å². The first kappa shape index (κ1) is 25.6. The van der Waals surface area contributed by atoms with Gasteiger partial charge in [0.15, 0.2) is 10.9 Å². The number of halogens is 1. The molecule has 2 atom stereocenters. The quantitative estimate of drug-likeness (QED) is 0.153. The average Bonchev–Trinajstić information content (AvgIpc) is 3.50. The van der Waals surface area contributed by atoms with Crippen molar-refractivity contribution in [2.75, 3.05) is 10.6 Å². The van der Waals surface area contributed by atoms with Crippen LogP contribution in [-0.2, 0) is 19.4 Å². The molecule has 3 N–H and O–H groups in total. The summed E-state index contributed by atoms with van der Waals surface area (Å²) in [5.41, 5.74) is 6.57. The predicted molar refractivity (Wildman–Crippen MR) is 141 cm³/mol. The molecule has 0 spiro atoms. The molecule has 5 rings (SSSR count). The fraction of sp³-hybridized carbons (Fsp3) is 0.0769. The van der Waals surface area contributed by atoms with Gasteiger partial charge in [-0.3, -0.25) is 19.3 Å². The van der Waals surface area contributed by atoms with Gasteiger partial charge in [0.2, 0.25) is 15.6 Å². The molecule has 0 bridgehead atoms. The van der Waals surface area contributed by atoms with E-state index in [1.54, 1.807) is 18.2 Å². The summed E-state index contributed by atoms with van der Waals surface area (Å²) in [4.78, 5) is 45.3. The fourth-order valence-electron chi connectivity index (χ4n) is 4.22. The van der Waals surface area contributed by atoms with Gasteiger partial charge in [0, 0.05) is 11.3 Å². The van der Waals surface area contributed by atoms with Crippen LogP contribution in [0.4, 0.5) is 10.8 Å². The third kappa shape index (κ3) is 4.34. The zero-order valence-electron chi connectivity index (χ0n) is 19.3. The van der Waals surface area contributed by atoms with E-state index in [0.717, 1.165) is 11.1 Å². The number of anilines is 2. The second kappa shape index (κ2) is 9.67. The van der Waals surface area contributed by atoms with Crippen LogP contribution in [0.15, 0.2) is 88.1 Å². The molecule has 0 radical (unpaired) electrons. The summed E-state index contributed by atoms with van der Waals surface area (Å²) in [6.07, 6.45) is 1.11. The molecule has 2 unspecified atom stereocenters. The first-order valence-corrected chi connectivity index (χ1v) is 13.8. The number of phenolic OH excluding ortho intramolecular Hbond substituents is 1. The van der Waals surface area contributed by atoms with Gasteiger partial charge in [-0.1, -0.05) is 47.2 Å². The van der Waals surface area contributed by atoms with Gasteiger partial charge < -0.3 is 10.8 Å². The maximum absolute atomic E-state index is 13.5. The van der Waals surface area contributed by atoms with E-state index < -0.39 is 39.3 Å². The standard InChI is InChI=1S/C26H18ClN3O6S2/c27-18-12-15(8-11-19(18)31)22-21(23(32)14-6-9-16(28)10-7-14)24(33)25(34)30(22)26-29-13-20(37-26)38(35,36)17-4-2-1-3-5-17/h1-13,21-22,31H,28H2. The van der Waals surface area contributed by atoms with E-state index in [1.165, 1.54) is 54.6 Å². The van der Waals surface area contributed by atoms with Crippen molar-refractivity contribution in [1.82, 2.24) is 4.98 Å². The monoisotopic (exact) mass is 567 g/mol. The second-order valence-corrected chi connectivity index (χ2v) is 12.0. The van der Waals surface area contributed by atoms with Crippen molar-refractivity contribution in [2.45, 2.75) is 15.1 Å². The molecular weight excluding hydrogens is 550 g/mol. The van der Waals surface area contributed by atoms with Gasteiger partial charge >= 0.3 is 0 Å². The number of carbonyl (C=O) groups is 3. The van der Waals surface area contributed by atoms with Crippen LogP contribution in [-0.4, -0.2) is 36.0 Å². The van der Waals surface area contributed by atoms with Crippen LogP contribution in [0.5, 0.6) is 5.75 Å². The Morgan fingerprint density at radius 3 is 2.37 bits per heavy atom. The van der Waals surface area contributed by atoms with Crippen LogP contribution in [0.25, 0.3) is 0 Å². The van der Waals surface area contributed by atoms with Crippen molar-refractivity contribution < 1.29 is 27.9 Å². The normalized spacial score (nSPS) is 17.7. The number of aromatic hydroxyl groups is 1. The molecule has 4 aromatic rings. The van der Waals surface area contributed by atoms with E-state index in [2.05, 4.69) is 4.98 Å². The van der Waals surface area contributed by atoms with Crippen LogP contribution in [0.2, 0.25) is 5.02 Å². The van der Waals surface area contributed by atoms with E-state index in [1.807, 2.05) is 0 Å². The molecule has 1 fully saturated rings. The average molecular weight is 568 g/mol. The van der Waals surface area contributed by atoms with E-state index in [4.69, 9.17) is 17.3 Å². The lowest BCUT2D eigenvalue weighted by Gasteiger charge is -2.25. The highest BCUT2D eigenvalue weighted by Gasteiger charge is 2.53. The Labute approximate surface area is 226 Å². The SMILES string of the molecule is Nc1ccc(C(=O)C2C(=O)C(=O)N(c3ncc(S(=O)(=O)c4ccccc4)s3)C2c2ccc(O)c(Cl)c2)cc1. The number of phenols is 1. The Morgan fingerprint density at radius 2 is 1.71 bits per heavy atom. The smallest absolute Gasteiger partial charge is 0.297 e. The van der Waals surface area contributed by atoms with Crippen LogP contribution in [0.1, 0.15) is 22.0 Å². The zero-order chi connectivity index (χ0) is 27.2. The number of hydrogen-bond donors (Lipinski definition) is 2. The molecule has 1 aromatic heterocycles. The summed E-state index contributed by atoms with van der Waals surface area (Å²) < 4.78 is 26.1. The molecule has 12 heteroatoms. The molecule has 1 amide bonds. The number of sulfone groups is 1. The topological polar surface area (TPSA) is 148 Å². The third-order valence-corrected chi connectivity index (χ3v) is 9.62. The Balaban J connectivity index is 1.63. The zero-order valence-corrected chi connectivity index (χ0v) is 21.7. The molecule has 0 saturated carbocycles. The molecule has 3 aromatic carbocycles. The number of aromatic nitrogens is 1. The van der Waals surface area contributed by atoms with Crippen LogP contribution in [0, 0.1) is 5.92 Å². The maximum atomic E-state index is 13.5. The number of benzene rings is 3. The molecule has 192 valence electrons. The molecular formula is C26H18ClN3O6S2. The largest absolute Gasteiger partial charge is 0.506 e. The van der Waals surface area contributed by atoms with E-state index in [0.29, 0.717) is 17.0 Å². The predicted octanol–water partition coefficient (Wildman–Crippen LogP) is 4.07. The first-order valence-electron chi connectivity index (χ1n) is 11.1. The number of amides is 1. The van der Waals surface area contributed by atoms with Crippen molar-refractivity contribution in [3.63, 3.8) is 0 Å². The number of rotatable bonds is 6. The van der Waals surface area contributed by atoms with Gasteiger partial charge in [-0.2, -0.15) is 0 Å². The Morgan fingerprint density at radius 1 is 1.03 bits per heavy atom. The Kier molecular flexibility index (Phi) is 6.51. The number of nitrogen functional groups attached to an aromatic ring is 1. The number of nitrogens with two attached hydrogens (primary N) is 1. The number of ketones is 2. The summed E-state index contributed by atoms with van der Waals surface area (Å²) in [5, 5.41) is 9.78. The van der Waals surface area contributed by atoms with E-state index in [-0.39, 0.29) is 36.1 Å². The summed E-state index contributed by atoms with van der Waals surface area (Å²) in [5.74, 6) is -4.35. The molecule has 1 aliphatic heterocycles. The van der Waals surface area contributed by atoms with E-state index in [9.17, 15) is 27.9 Å². The molecule has 9 nitrogen and oxygen atoms in total. The Hall–Kier alpha value is -4.06. The maximum Gasteiger partial charge on any atom is 0.297 e. The molecule has 2 heterocycles. The summed E-state index contributed by atoms with van der Waals surface area (Å²) >= 11 is 6.82. The Bertz CT molecular complexity index is 1690. The van der Waals surface area contributed by atoms with E-state index >= 15 is 0 Å². The first-order chi connectivity index (χ1) is 18.1. The molecule has 0 aliphatic carbocycles. The summed E-state index contributed by atoms with van der Waals surface area (Å²) in [6.45, 7) is 0. The lowest BCUT2D eigenvalue weighted by atomic mass is 9.86. The van der Waals surface area contributed by atoms with Crippen LogP contribution in [0.3, 0.4) is 0 Å². The summed E-state index contributed by atoms with van der Waals surface area (Å²) in [7, 11) is -3.95. The van der Waals surface area contributed by atoms with Crippen molar-refractivity contribution in [2.24, 2.45) is 5.92 Å². The minimum absolute atomic E-state index is 0.0392. The minimum Gasteiger partial charge on any atom is -0.506 e. The lowest BCUT2D eigenvalue weighted by Crippen LogP contribution is -2.30. The number of thiazole rings is 1. The highest BCUT2D eigenvalue weighted by atomic mass is 35.5. The molecule has 1 saturated heterocycles. The van der Waals surface area contributed by atoms with Crippen LogP contribution >= 0.6 is 22.9 Å². The number of carbonyl (C=O) groups excluding carboxylic acids is 3. The lowest BCUT2D eigenvalue weighted by molar-refractivity contribution is -0.135. The van der Waals surface area contributed by atoms with Gasteiger partial charge in [0.05, 0.1) is 22.2 Å². The highest BCUT2D eigenvalue weighted by molar-refractivity contribution is 7.93. The van der Waals surface area contributed by atoms with Gasteiger partial charge in [-0.25, -0.2) is 13.4 Å². The van der Waals surface area contributed by atoms with Gasteiger partial charge in [-0.15, -0.1) is 0 Å². The van der Waals surface area contributed by atoms with Crippen molar-refractivity contribution >= 4 is 61.1 Å².